The third-order valence-corrected chi connectivity index (χ3v) is 3.51. The van der Waals surface area contributed by atoms with Crippen LogP contribution in [0.5, 0.6) is 0 Å². The quantitative estimate of drug-likeness (QED) is 0.743. The fourth-order valence-electron chi connectivity index (χ4n) is 2.52. The fourth-order valence-corrected chi connectivity index (χ4v) is 2.52. The Balaban J connectivity index is 2.42. The second kappa shape index (κ2) is 5.13. The first-order valence-corrected chi connectivity index (χ1v) is 5.95. The molecule has 84 valence electrons. The van der Waals surface area contributed by atoms with Gasteiger partial charge in [-0.15, -0.1) is 0 Å². The van der Waals surface area contributed by atoms with Gasteiger partial charge in [0.05, 0.1) is 0 Å². The molecule has 1 heterocycles. The third kappa shape index (κ3) is 2.96. The zero-order valence-corrected chi connectivity index (χ0v) is 10.4. The molecule has 0 bridgehead atoms. The molecule has 1 fully saturated rings. The molecule has 14 heavy (non-hydrogen) atoms. The summed E-state index contributed by atoms with van der Waals surface area (Å²) in [4.78, 5) is 2.56. The highest BCUT2D eigenvalue weighted by Gasteiger charge is 2.29. The predicted octanol–water partition coefficient (Wildman–Crippen LogP) is 1.96. The monoisotopic (exact) mass is 198 g/mol. The van der Waals surface area contributed by atoms with E-state index in [-0.39, 0.29) is 0 Å². The average molecular weight is 198 g/mol. The summed E-state index contributed by atoms with van der Waals surface area (Å²) in [5.41, 5.74) is 0. The van der Waals surface area contributed by atoms with Crippen molar-refractivity contribution in [2.45, 2.75) is 46.2 Å². The van der Waals surface area contributed by atoms with Crippen LogP contribution in [-0.2, 0) is 0 Å². The van der Waals surface area contributed by atoms with E-state index in [1.54, 1.807) is 0 Å². The summed E-state index contributed by atoms with van der Waals surface area (Å²) in [6.45, 7) is 11.7. The van der Waals surface area contributed by atoms with Crippen molar-refractivity contribution in [3.63, 3.8) is 0 Å². The molecule has 3 atom stereocenters. The molecule has 2 nitrogen and oxygen atoms in total. The molecule has 0 saturated carbocycles. The summed E-state index contributed by atoms with van der Waals surface area (Å²) < 4.78 is 0. The van der Waals surface area contributed by atoms with E-state index >= 15 is 0 Å². The molecule has 1 aliphatic rings. The smallest absolute Gasteiger partial charge is 0.0258 e. The van der Waals surface area contributed by atoms with E-state index in [2.05, 4.69) is 45.0 Å². The first-order valence-electron chi connectivity index (χ1n) is 5.95. The van der Waals surface area contributed by atoms with Crippen LogP contribution in [0.4, 0.5) is 0 Å². The molecule has 0 aromatic heterocycles. The predicted molar refractivity (Wildman–Crippen MR) is 62.5 cm³/mol. The Bertz CT molecular complexity index is 168. The minimum Gasteiger partial charge on any atom is -0.315 e. The second-order valence-corrected chi connectivity index (χ2v) is 5.35. The van der Waals surface area contributed by atoms with Crippen molar-refractivity contribution in [3.05, 3.63) is 0 Å². The van der Waals surface area contributed by atoms with Gasteiger partial charge < -0.3 is 5.32 Å². The molecule has 3 unspecified atom stereocenters. The van der Waals surface area contributed by atoms with E-state index in [1.807, 2.05) is 0 Å². The maximum Gasteiger partial charge on any atom is 0.0258 e. The van der Waals surface area contributed by atoms with E-state index in [9.17, 15) is 0 Å². The molecule has 0 aliphatic carbocycles. The van der Waals surface area contributed by atoms with Crippen LogP contribution in [0.3, 0.4) is 0 Å². The largest absolute Gasteiger partial charge is 0.315 e. The lowest BCUT2D eigenvalue weighted by atomic mass is 9.99. The minimum atomic E-state index is 0.711. The topological polar surface area (TPSA) is 15.3 Å². The van der Waals surface area contributed by atoms with Crippen LogP contribution in [0.2, 0.25) is 0 Å². The Morgan fingerprint density at radius 2 is 1.93 bits per heavy atom. The Labute approximate surface area is 89.1 Å². The first kappa shape index (κ1) is 12.0. The summed E-state index contributed by atoms with van der Waals surface area (Å²) in [6, 6.07) is 1.45. The standard InChI is InChI=1S/C12H26N2/c1-9(2)6-11(4)14(5)12-8-13-7-10(12)3/h9-13H,6-8H2,1-5H3. The number of nitrogens with zero attached hydrogens (tertiary/aromatic N) is 1. The van der Waals surface area contributed by atoms with E-state index in [0.717, 1.165) is 17.9 Å². The number of hydrogen-bond donors (Lipinski definition) is 1. The molecule has 2 heteroatoms. The van der Waals surface area contributed by atoms with Crippen molar-refractivity contribution in [2.75, 3.05) is 20.1 Å². The van der Waals surface area contributed by atoms with Crippen LogP contribution in [0.15, 0.2) is 0 Å². The van der Waals surface area contributed by atoms with Gasteiger partial charge in [-0.05, 0) is 38.8 Å². The average Bonchev–Trinajstić information content (AvgIpc) is 2.48. The maximum atomic E-state index is 3.47. The van der Waals surface area contributed by atoms with Gasteiger partial charge >= 0.3 is 0 Å². The summed E-state index contributed by atoms with van der Waals surface area (Å²) >= 11 is 0. The molecule has 0 spiro atoms. The Morgan fingerprint density at radius 1 is 1.29 bits per heavy atom. The molecule has 1 N–H and O–H groups in total. The zero-order valence-electron chi connectivity index (χ0n) is 10.4. The van der Waals surface area contributed by atoms with E-state index in [4.69, 9.17) is 0 Å². The summed E-state index contributed by atoms with van der Waals surface area (Å²) in [6.07, 6.45) is 1.31. The van der Waals surface area contributed by atoms with Gasteiger partial charge in [-0.25, -0.2) is 0 Å². The van der Waals surface area contributed by atoms with Crippen LogP contribution in [0.1, 0.15) is 34.1 Å². The van der Waals surface area contributed by atoms with Gasteiger partial charge in [-0.3, -0.25) is 4.90 Å². The summed E-state index contributed by atoms with van der Waals surface area (Å²) in [7, 11) is 2.28. The third-order valence-electron chi connectivity index (χ3n) is 3.51. The van der Waals surface area contributed by atoms with Crippen LogP contribution < -0.4 is 5.32 Å². The van der Waals surface area contributed by atoms with Crippen molar-refractivity contribution < 1.29 is 0 Å². The van der Waals surface area contributed by atoms with Crippen LogP contribution >= 0.6 is 0 Å². The summed E-state index contributed by atoms with van der Waals surface area (Å²) in [5, 5.41) is 3.47. The van der Waals surface area contributed by atoms with E-state index in [1.165, 1.54) is 19.5 Å². The number of rotatable bonds is 4. The zero-order chi connectivity index (χ0) is 10.7. The normalized spacial score (nSPS) is 30.2. The van der Waals surface area contributed by atoms with E-state index in [0.29, 0.717) is 6.04 Å². The highest BCUT2D eigenvalue weighted by molar-refractivity contribution is 4.86. The molecule has 0 amide bonds. The summed E-state index contributed by atoms with van der Waals surface area (Å²) in [5.74, 6) is 1.60. The Morgan fingerprint density at radius 3 is 2.36 bits per heavy atom. The molecule has 0 aromatic carbocycles. The molecular weight excluding hydrogens is 172 g/mol. The van der Waals surface area contributed by atoms with Gasteiger partial charge in [0.2, 0.25) is 0 Å². The lowest BCUT2D eigenvalue weighted by Crippen LogP contribution is -2.43. The number of likely N-dealkylation sites (N-methyl/N-ethyl adjacent to an activating group) is 1. The molecule has 0 aromatic rings. The van der Waals surface area contributed by atoms with Gasteiger partial charge in [0.1, 0.15) is 0 Å². The Hall–Kier alpha value is -0.0800. The molecule has 1 saturated heterocycles. The Kier molecular flexibility index (Phi) is 4.39. The van der Waals surface area contributed by atoms with Crippen molar-refractivity contribution in [3.8, 4) is 0 Å². The van der Waals surface area contributed by atoms with Crippen molar-refractivity contribution >= 4 is 0 Å². The van der Waals surface area contributed by atoms with Gasteiger partial charge in [0.25, 0.3) is 0 Å². The van der Waals surface area contributed by atoms with Gasteiger partial charge in [0.15, 0.2) is 0 Å². The lowest BCUT2D eigenvalue weighted by Gasteiger charge is -2.33. The van der Waals surface area contributed by atoms with Crippen LogP contribution in [0.25, 0.3) is 0 Å². The van der Waals surface area contributed by atoms with Crippen LogP contribution in [0, 0.1) is 11.8 Å². The van der Waals surface area contributed by atoms with Crippen molar-refractivity contribution in [1.82, 2.24) is 10.2 Å². The highest BCUT2D eigenvalue weighted by Crippen LogP contribution is 2.19. The number of nitrogens with one attached hydrogen (secondary N) is 1. The minimum absolute atomic E-state index is 0.711. The van der Waals surface area contributed by atoms with Crippen molar-refractivity contribution in [2.24, 2.45) is 11.8 Å². The van der Waals surface area contributed by atoms with Gasteiger partial charge in [0, 0.05) is 18.6 Å². The SMILES string of the molecule is CC(C)CC(C)N(C)C1CNCC1C. The second-order valence-electron chi connectivity index (χ2n) is 5.35. The van der Waals surface area contributed by atoms with Crippen molar-refractivity contribution in [1.29, 1.82) is 0 Å². The maximum absolute atomic E-state index is 3.47. The molecule has 1 aliphatic heterocycles. The van der Waals surface area contributed by atoms with Crippen LogP contribution in [-0.4, -0.2) is 37.1 Å². The molecule has 0 radical (unpaired) electrons. The fraction of sp³-hybridized carbons (Fsp3) is 1.00. The number of hydrogen-bond acceptors (Lipinski definition) is 2. The van der Waals surface area contributed by atoms with Gasteiger partial charge in [-0.2, -0.15) is 0 Å². The molecule has 1 rings (SSSR count). The van der Waals surface area contributed by atoms with E-state index < -0.39 is 0 Å². The molecular formula is C12H26N2. The van der Waals surface area contributed by atoms with Gasteiger partial charge in [-0.1, -0.05) is 20.8 Å². The first-order chi connectivity index (χ1) is 6.52. The highest BCUT2D eigenvalue weighted by atomic mass is 15.2. The lowest BCUT2D eigenvalue weighted by molar-refractivity contribution is 0.150.